The largest absolute Gasteiger partial charge is 0.449 e. The predicted octanol–water partition coefficient (Wildman–Crippen LogP) is 1.52. The standard InChI is InChI=1S/C18H18N4O3/c1-21(2)17(23)11-22-14-9-12(19)6-7-15(14)25-16(18(22)24)10-13-5-3-4-8-20-13/h3-10H,11,19H2,1-2H3/b16-10+. The highest BCUT2D eigenvalue weighted by Gasteiger charge is 2.32. The van der Waals surface area contributed by atoms with Crippen LogP contribution in [0.15, 0.2) is 48.4 Å². The molecule has 0 radical (unpaired) electrons. The summed E-state index contributed by atoms with van der Waals surface area (Å²) in [5.41, 5.74) is 7.36. The molecule has 3 rings (SSSR count). The molecule has 0 saturated carbocycles. The zero-order chi connectivity index (χ0) is 18.0. The van der Waals surface area contributed by atoms with Gasteiger partial charge in [0.05, 0.1) is 11.4 Å². The normalized spacial score (nSPS) is 14.9. The van der Waals surface area contributed by atoms with E-state index in [0.717, 1.165) is 0 Å². The second-order valence-electron chi connectivity index (χ2n) is 5.77. The summed E-state index contributed by atoms with van der Waals surface area (Å²) in [5, 5.41) is 0. The van der Waals surface area contributed by atoms with Crippen LogP contribution in [0, 0.1) is 0 Å². The average molecular weight is 338 g/mol. The first-order chi connectivity index (χ1) is 12.0. The van der Waals surface area contributed by atoms with Crippen LogP contribution in [0.4, 0.5) is 11.4 Å². The second-order valence-corrected chi connectivity index (χ2v) is 5.77. The van der Waals surface area contributed by atoms with Gasteiger partial charge in [0.2, 0.25) is 5.91 Å². The molecule has 1 aromatic carbocycles. The van der Waals surface area contributed by atoms with Crippen molar-refractivity contribution >= 4 is 29.3 Å². The number of hydrogen-bond acceptors (Lipinski definition) is 5. The highest BCUT2D eigenvalue weighted by Crippen LogP contribution is 2.37. The van der Waals surface area contributed by atoms with Gasteiger partial charge in [0.25, 0.3) is 5.91 Å². The number of anilines is 2. The maximum atomic E-state index is 12.9. The lowest BCUT2D eigenvalue weighted by Crippen LogP contribution is -2.44. The molecule has 25 heavy (non-hydrogen) atoms. The van der Waals surface area contributed by atoms with E-state index in [1.165, 1.54) is 9.80 Å². The van der Waals surface area contributed by atoms with Crippen LogP contribution >= 0.6 is 0 Å². The van der Waals surface area contributed by atoms with Crippen LogP contribution in [0.2, 0.25) is 0 Å². The second kappa shape index (κ2) is 6.64. The Balaban J connectivity index is 2.03. The fourth-order valence-electron chi connectivity index (χ4n) is 2.36. The quantitative estimate of drug-likeness (QED) is 0.677. The molecule has 0 atom stereocenters. The number of nitrogen functional groups attached to an aromatic ring is 1. The van der Waals surface area contributed by atoms with Gasteiger partial charge in [-0.05, 0) is 30.3 Å². The van der Waals surface area contributed by atoms with E-state index in [1.54, 1.807) is 56.7 Å². The summed E-state index contributed by atoms with van der Waals surface area (Å²) in [5.74, 6) is -0.0650. The topological polar surface area (TPSA) is 88.8 Å². The summed E-state index contributed by atoms with van der Waals surface area (Å²) >= 11 is 0. The van der Waals surface area contributed by atoms with Crippen molar-refractivity contribution in [1.29, 1.82) is 0 Å². The van der Waals surface area contributed by atoms with E-state index in [1.807, 2.05) is 6.07 Å². The SMILES string of the molecule is CN(C)C(=O)CN1C(=O)/C(=C\c2ccccn2)Oc2ccc(N)cc21. The zero-order valence-electron chi connectivity index (χ0n) is 14.0. The Morgan fingerprint density at radius 3 is 2.80 bits per heavy atom. The van der Waals surface area contributed by atoms with Crippen LogP contribution in [-0.4, -0.2) is 42.3 Å². The van der Waals surface area contributed by atoms with E-state index in [0.29, 0.717) is 22.8 Å². The van der Waals surface area contributed by atoms with Gasteiger partial charge in [-0.1, -0.05) is 6.07 Å². The molecule has 128 valence electrons. The number of ether oxygens (including phenoxy) is 1. The molecule has 2 N–H and O–H groups in total. The lowest BCUT2D eigenvalue weighted by atomic mass is 10.1. The Bertz CT molecular complexity index is 847. The van der Waals surface area contributed by atoms with Crippen LogP contribution in [0.3, 0.4) is 0 Å². The molecule has 1 aliphatic rings. The van der Waals surface area contributed by atoms with E-state index >= 15 is 0 Å². The Morgan fingerprint density at radius 2 is 2.12 bits per heavy atom. The lowest BCUT2D eigenvalue weighted by Gasteiger charge is -2.31. The van der Waals surface area contributed by atoms with Gasteiger partial charge in [-0.25, -0.2) is 0 Å². The van der Waals surface area contributed by atoms with Gasteiger partial charge in [-0.2, -0.15) is 0 Å². The molecule has 7 heteroatoms. The number of hydrogen-bond donors (Lipinski definition) is 1. The molecule has 1 aromatic heterocycles. The zero-order valence-corrected chi connectivity index (χ0v) is 14.0. The third-order valence-corrected chi connectivity index (χ3v) is 3.71. The number of pyridine rings is 1. The maximum Gasteiger partial charge on any atom is 0.294 e. The van der Waals surface area contributed by atoms with Crippen molar-refractivity contribution in [3.63, 3.8) is 0 Å². The number of carbonyl (C=O) groups excluding carboxylic acids is 2. The number of nitrogens with zero attached hydrogens (tertiary/aromatic N) is 3. The molecule has 0 unspecified atom stereocenters. The number of carbonyl (C=O) groups is 2. The molecular weight excluding hydrogens is 320 g/mol. The minimum Gasteiger partial charge on any atom is -0.449 e. The molecule has 0 aliphatic carbocycles. The number of fused-ring (bicyclic) bond motifs is 1. The monoisotopic (exact) mass is 338 g/mol. The summed E-state index contributed by atoms with van der Waals surface area (Å²) in [7, 11) is 3.27. The van der Waals surface area contributed by atoms with Gasteiger partial charge in [0.1, 0.15) is 6.54 Å². The minimum atomic E-state index is -0.418. The molecular formula is C18H18N4O3. The number of amides is 2. The number of likely N-dealkylation sites (N-methyl/N-ethyl adjacent to an activating group) is 1. The van der Waals surface area contributed by atoms with Gasteiger partial charge < -0.3 is 15.4 Å². The number of benzene rings is 1. The highest BCUT2D eigenvalue weighted by atomic mass is 16.5. The van der Waals surface area contributed by atoms with Crippen molar-refractivity contribution in [2.24, 2.45) is 0 Å². The van der Waals surface area contributed by atoms with Gasteiger partial charge in [0.15, 0.2) is 11.5 Å². The van der Waals surface area contributed by atoms with Crippen LogP contribution in [0.25, 0.3) is 6.08 Å². The average Bonchev–Trinajstić information content (AvgIpc) is 2.59. The third kappa shape index (κ3) is 3.45. The molecule has 7 nitrogen and oxygen atoms in total. The Labute approximate surface area is 145 Å². The van der Waals surface area contributed by atoms with Crippen molar-refractivity contribution in [1.82, 2.24) is 9.88 Å². The van der Waals surface area contributed by atoms with E-state index in [4.69, 9.17) is 10.5 Å². The van der Waals surface area contributed by atoms with Crippen LogP contribution < -0.4 is 15.4 Å². The van der Waals surface area contributed by atoms with Gasteiger partial charge in [-0.3, -0.25) is 19.5 Å². The summed E-state index contributed by atoms with van der Waals surface area (Å²) in [6, 6.07) is 10.3. The third-order valence-electron chi connectivity index (χ3n) is 3.71. The van der Waals surface area contributed by atoms with E-state index < -0.39 is 5.91 Å². The fourth-order valence-corrected chi connectivity index (χ4v) is 2.36. The smallest absolute Gasteiger partial charge is 0.294 e. The maximum absolute atomic E-state index is 12.9. The Morgan fingerprint density at radius 1 is 1.32 bits per heavy atom. The Kier molecular flexibility index (Phi) is 4.38. The molecule has 0 saturated heterocycles. The number of rotatable bonds is 3. The van der Waals surface area contributed by atoms with Crippen LogP contribution in [0.5, 0.6) is 5.75 Å². The number of aromatic nitrogens is 1. The molecule has 1 aliphatic heterocycles. The fraction of sp³-hybridized carbons (Fsp3) is 0.167. The first kappa shape index (κ1) is 16.5. The van der Waals surface area contributed by atoms with Crippen molar-refractivity contribution in [2.75, 3.05) is 31.3 Å². The molecule has 0 spiro atoms. The van der Waals surface area contributed by atoms with E-state index in [-0.39, 0.29) is 18.2 Å². The van der Waals surface area contributed by atoms with Crippen molar-refractivity contribution in [2.45, 2.75) is 0 Å². The van der Waals surface area contributed by atoms with Crippen molar-refractivity contribution in [3.05, 3.63) is 54.0 Å². The molecule has 2 heterocycles. The number of nitrogens with two attached hydrogens (primary N) is 1. The summed E-state index contributed by atoms with van der Waals surface area (Å²) in [6.07, 6.45) is 3.18. The van der Waals surface area contributed by atoms with E-state index in [2.05, 4.69) is 4.98 Å². The predicted molar refractivity (Wildman–Crippen MR) is 94.7 cm³/mol. The summed E-state index contributed by atoms with van der Waals surface area (Å²) in [6.45, 7) is -0.106. The van der Waals surface area contributed by atoms with Crippen molar-refractivity contribution in [3.8, 4) is 5.75 Å². The van der Waals surface area contributed by atoms with Crippen molar-refractivity contribution < 1.29 is 14.3 Å². The molecule has 2 amide bonds. The van der Waals surface area contributed by atoms with Gasteiger partial charge >= 0.3 is 0 Å². The summed E-state index contributed by atoms with van der Waals surface area (Å²) < 4.78 is 5.72. The first-order valence-electron chi connectivity index (χ1n) is 7.68. The van der Waals surface area contributed by atoms with Gasteiger partial charge in [0, 0.05) is 32.1 Å². The highest BCUT2D eigenvalue weighted by molar-refractivity contribution is 6.12. The molecule has 0 fully saturated rings. The Hall–Kier alpha value is -3.35. The van der Waals surface area contributed by atoms with Crippen LogP contribution in [-0.2, 0) is 9.59 Å². The lowest BCUT2D eigenvalue weighted by molar-refractivity contribution is -0.129. The molecule has 2 aromatic rings. The van der Waals surface area contributed by atoms with Crippen LogP contribution in [0.1, 0.15) is 5.69 Å². The summed E-state index contributed by atoms with van der Waals surface area (Å²) in [4.78, 5) is 32.0. The van der Waals surface area contributed by atoms with Gasteiger partial charge in [-0.15, -0.1) is 0 Å². The van der Waals surface area contributed by atoms with E-state index in [9.17, 15) is 9.59 Å². The molecule has 0 bridgehead atoms. The first-order valence-corrected chi connectivity index (χ1v) is 7.68. The minimum absolute atomic E-state index is 0.0996.